The van der Waals surface area contributed by atoms with Crippen LogP contribution in [0.15, 0.2) is 11.6 Å². The normalized spacial score (nSPS) is 40.0. The average Bonchev–Trinajstić information content (AvgIpc) is 3.12. The third-order valence-electron chi connectivity index (χ3n) is 11.5. The lowest BCUT2D eigenvalue weighted by atomic mass is 9.46. The van der Waals surface area contributed by atoms with Crippen LogP contribution in [0.5, 0.6) is 0 Å². The van der Waals surface area contributed by atoms with E-state index >= 15 is 0 Å². The van der Waals surface area contributed by atoms with Crippen LogP contribution < -0.4 is 0 Å². The zero-order valence-electron chi connectivity index (χ0n) is 26.6. The van der Waals surface area contributed by atoms with E-state index in [2.05, 4.69) is 80.0 Å². The number of hydrogen-bond acceptors (Lipinski definition) is 2. The van der Waals surface area contributed by atoms with Crippen molar-refractivity contribution in [1.29, 1.82) is 0 Å². The van der Waals surface area contributed by atoms with Crippen molar-refractivity contribution in [2.45, 2.75) is 150 Å². The summed E-state index contributed by atoms with van der Waals surface area (Å²) in [5.74, 6) is 5.16. The van der Waals surface area contributed by atoms with Gasteiger partial charge in [0.25, 0.3) is 0 Å². The van der Waals surface area contributed by atoms with Gasteiger partial charge < -0.3 is 8.85 Å². The Balaban J connectivity index is 1.43. The van der Waals surface area contributed by atoms with E-state index in [-0.39, 0.29) is 0 Å². The molecular weight excluding hydrogens is 485 g/mol. The molecule has 214 valence electrons. The molecule has 0 heterocycles. The maximum absolute atomic E-state index is 6.64. The molecule has 9 atom stereocenters. The number of allylic oxidation sites excluding steroid dienone is 1. The molecule has 0 radical (unpaired) electrons. The summed E-state index contributed by atoms with van der Waals surface area (Å²) in [5, 5.41) is 0. The van der Waals surface area contributed by atoms with Crippen LogP contribution in [-0.2, 0) is 8.85 Å². The van der Waals surface area contributed by atoms with Crippen LogP contribution in [0.4, 0.5) is 0 Å². The lowest BCUT2D eigenvalue weighted by molar-refractivity contribution is -0.0627. The van der Waals surface area contributed by atoms with Gasteiger partial charge in [-0.3, -0.25) is 0 Å². The summed E-state index contributed by atoms with van der Waals surface area (Å²) in [6.45, 7) is 26.8. The van der Waals surface area contributed by atoms with Gasteiger partial charge in [-0.1, -0.05) is 46.3 Å². The van der Waals surface area contributed by atoms with Gasteiger partial charge in [-0.05, 0) is 150 Å². The van der Waals surface area contributed by atoms with Crippen molar-refractivity contribution in [2.75, 3.05) is 0 Å². The second-order valence-electron chi connectivity index (χ2n) is 16.6. The Kier molecular flexibility index (Phi) is 8.79. The second-order valence-corrected chi connectivity index (χ2v) is 25.5. The molecule has 0 amide bonds. The van der Waals surface area contributed by atoms with Gasteiger partial charge in [0, 0.05) is 6.10 Å². The average molecular weight is 547 g/mol. The summed E-state index contributed by atoms with van der Waals surface area (Å²) in [7, 11) is -2.99. The van der Waals surface area contributed by atoms with Crippen LogP contribution in [0.1, 0.15) is 98.8 Å². The molecule has 0 aromatic rings. The SMILES string of the molecule is CC(C)C(CC[C@H](C)C1CCC2C3CCC4=C[C@@H](O[Si](C)(C)C)CCC4(C)C3CCC21C)O[Si](C)(C)C. The fourth-order valence-electron chi connectivity index (χ4n) is 9.83. The number of rotatable bonds is 9. The van der Waals surface area contributed by atoms with Gasteiger partial charge in [-0.25, -0.2) is 0 Å². The van der Waals surface area contributed by atoms with Crippen molar-refractivity contribution in [3.05, 3.63) is 11.6 Å². The summed E-state index contributed by atoms with van der Waals surface area (Å²) in [6.07, 6.45) is 17.3. The molecule has 3 fully saturated rings. The summed E-state index contributed by atoms with van der Waals surface area (Å²) in [5.41, 5.74) is 2.77. The van der Waals surface area contributed by atoms with Gasteiger partial charge in [0.05, 0.1) is 6.10 Å². The largest absolute Gasteiger partial charge is 0.414 e. The Labute approximate surface area is 233 Å². The standard InChI is InChI=1S/C33H62O2Si2/c1-23(2)31(35-37(9,10)11)17-12-24(3)28-15-16-29-27-14-13-25-22-26(34-36(6,7)8)18-20-32(25,4)30(27)19-21-33(28,29)5/h22-24,26-31H,12-21H2,1-11H3/t24-,26-,27?,28?,29?,30?,31?,32?,33?/m0/s1. The predicted octanol–water partition coefficient (Wildman–Crippen LogP) is 10.1. The molecule has 0 saturated heterocycles. The van der Waals surface area contributed by atoms with E-state index in [9.17, 15) is 0 Å². The molecule has 0 aliphatic heterocycles. The van der Waals surface area contributed by atoms with Gasteiger partial charge in [0.2, 0.25) is 0 Å². The molecule has 4 rings (SSSR count). The molecule has 0 aromatic carbocycles. The molecule has 4 aliphatic carbocycles. The van der Waals surface area contributed by atoms with Gasteiger partial charge in [-0.15, -0.1) is 0 Å². The van der Waals surface area contributed by atoms with E-state index in [0.29, 0.717) is 29.0 Å². The predicted molar refractivity (Wildman–Crippen MR) is 165 cm³/mol. The summed E-state index contributed by atoms with van der Waals surface area (Å²) in [4.78, 5) is 0. The minimum absolute atomic E-state index is 0.386. The van der Waals surface area contributed by atoms with E-state index in [1.54, 1.807) is 5.57 Å². The van der Waals surface area contributed by atoms with Gasteiger partial charge in [0.1, 0.15) is 0 Å². The van der Waals surface area contributed by atoms with Crippen molar-refractivity contribution in [3.8, 4) is 0 Å². The first kappa shape index (κ1) is 30.1. The van der Waals surface area contributed by atoms with Crippen molar-refractivity contribution in [3.63, 3.8) is 0 Å². The van der Waals surface area contributed by atoms with Crippen LogP contribution in [-0.4, -0.2) is 28.8 Å². The first-order valence-corrected chi connectivity index (χ1v) is 22.9. The monoisotopic (exact) mass is 546 g/mol. The summed E-state index contributed by atoms with van der Waals surface area (Å²) >= 11 is 0. The quantitative estimate of drug-likeness (QED) is 0.211. The molecule has 7 unspecified atom stereocenters. The molecule has 3 saturated carbocycles. The summed E-state index contributed by atoms with van der Waals surface area (Å²) < 4.78 is 13.2. The van der Waals surface area contributed by atoms with E-state index in [1.165, 1.54) is 64.2 Å². The highest BCUT2D eigenvalue weighted by Gasteiger charge is 2.59. The zero-order chi connectivity index (χ0) is 27.4. The first-order chi connectivity index (χ1) is 17.0. The van der Waals surface area contributed by atoms with Crippen molar-refractivity contribution < 1.29 is 8.85 Å². The maximum Gasteiger partial charge on any atom is 0.184 e. The molecule has 4 aliphatic rings. The molecule has 0 aromatic heterocycles. The van der Waals surface area contributed by atoms with Gasteiger partial charge in [-0.2, -0.15) is 0 Å². The maximum atomic E-state index is 6.64. The molecule has 2 nitrogen and oxygen atoms in total. The third kappa shape index (κ3) is 6.38. The van der Waals surface area contributed by atoms with E-state index in [0.717, 1.165) is 29.6 Å². The minimum atomic E-state index is -1.50. The van der Waals surface area contributed by atoms with Crippen LogP contribution in [0, 0.1) is 46.3 Å². The Hall–Kier alpha value is 0.0938. The fraction of sp³-hybridized carbons (Fsp3) is 0.939. The van der Waals surface area contributed by atoms with Crippen LogP contribution in [0.3, 0.4) is 0 Å². The lowest BCUT2D eigenvalue weighted by Crippen LogP contribution is -2.51. The van der Waals surface area contributed by atoms with Crippen LogP contribution in [0.25, 0.3) is 0 Å². The Morgan fingerprint density at radius 1 is 0.838 bits per heavy atom. The molecule has 37 heavy (non-hydrogen) atoms. The van der Waals surface area contributed by atoms with E-state index in [1.807, 2.05) is 0 Å². The number of hydrogen-bond donors (Lipinski definition) is 0. The lowest BCUT2D eigenvalue weighted by Gasteiger charge is -2.59. The smallest absolute Gasteiger partial charge is 0.184 e. The topological polar surface area (TPSA) is 18.5 Å². The highest BCUT2D eigenvalue weighted by Crippen LogP contribution is 2.67. The van der Waals surface area contributed by atoms with Gasteiger partial charge >= 0.3 is 0 Å². The third-order valence-corrected chi connectivity index (χ3v) is 13.5. The zero-order valence-corrected chi connectivity index (χ0v) is 28.6. The van der Waals surface area contributed by atoms with Crippen LogP contribution >= 0.6 is 0 Å². The highest BCUT2D eigenvalue weighted by molar-refractivity contribution is 6.70. The molecule has 0 bridgehead atoms. The first-order valence-electron chi connectivity index (χ1n) is 16.1. The summed E-state index contributed by atoms with van der Waals surface area (Å²) in [6, 6.07) is 0. The highest BCUT2D eigenvalue weighted by atomic mass is 28.4. The molecule has 4 heteroatoms. The van der Waals surface area contributed by atoms with E-state index in [4.69, 9.17) is 8.85 Å². The van der Waals surface area contributed by atoms with Gasteiger partial charge in [0.15, 0.2) is 16.6 Å². The Morgan fingerprint density at radius 3 is 2.16 bits per heavy atom. The molecular formula is C33H62O2Si2. The van der Waals surface area contributed by atoms with Crippen LogP contribution in [0.2, 0.25) is 39.3 Å². The Bertz CT molecular complexity index is 823. The minimum Gasteiger partial charge on any atom is -0.414 e. The molecule has 0 spiro atoms. The van der Waals surface area contributed by atoms with E-state index < -0.39 is 16.6 Å². The second kappa shape index (κ2) is 10.8. The Morgan fingerprint density at radius 2 is 1.54 bits per heavy atom. The fourth-order valence-corrected chi connectivity index (χ4v) is 12.2. The van der Waals surface area contributed by atoms with Crippen molar-refractivity contribution in [1.82, 2.24) is 0 Å². The molecule has 0 N–H and O–H groups in total. The van der Waals surface area contributed by atoms with Crippen molar-refractivity contribution >= 4 is 16.6 Å². The van der Waals surface area contributed by atoms with Crippen molar-refractivity contribution in [2.24, 2.45) is 46.3 Å². The number of fused-ring (bicyclic) bond motifs is 5.